The second-order valence-corrected chi connectivity index (χ2v) is 4.83. The molecule has 118 valence electrons. The maximum absolute atomic E-state index is 11.8. The zero-order valence-electron chi connectivity index (χ0n) is 11.9. The number of halogens is 1. The molecule has 2 aromatic rings. The Morgan fingerprint density at radius 1 is 0.913 bits per heavy atom. The Balaban J connectivity index is 1.78. The molecule has 0 saturated heterocycles. The van der Waals surface area contributed by atoms with Crippen LogP contribution in [0.25, 0.3) is 0 Å². The van der Waals surface area contributed by atoms with Gasteiger partial charge in [0, 0.05) is 5.56 Å². The molecular weight excluding hydrogens is 320 g/mol. The molecule has 0 aliphatic carbocycles. The lowest BCUT2D eigenvalue weighted by Crippen LogP contribution is -2.43. The molecule has 0 fully saturated rings. The van der Waals surface area contributed by atoms with Gasteiger partial charge in [0.25, 0.3) is 11.8 Å². The maximum Gasteiger partial charge on any atom is 0.340 e. The number of hydrazine groups is 1. The molecule has 0 heterocycles. The molecular formula is C16H13ClN2O4. The molecule has 2 amide bonds. The van der Waals surface area contributed by atoms with Crippen LogP contribution in [0, 0.1) is 0 Å². The number of amides is 2. The van der Waals surface area contributed by atoms with E-state index in [1.54, 1.807) is 42.5 Å². The molecule has 7 heteroatoms. The first-order valence-corrected chi connectivity index (χ1v) is 7.01. The van der Waals surface area contributed by atoms with Crippen LogP contribution in [0.5, 0.6) is 0 Å². The van der Waals surface area contributed by atoms with Gasteiger partial charge in [-0.25, -0.2) is 4.79 Å². The monoisotopic (exact) mass is 332 g/mol. The number of nitrogens with one attached hydrogen (secondary N) is 2. The zero-order chi connectivity index (χ0) is 16.7. The molecule has 0 radical (unpaired) electrons. The van der Waals surface area contributed by atoms with E-state index in [1.807, 2.05) is 0 Å². The van der Waals surface area contributed by atoms with Crippen molar-refractivity contribution in [3.8, 4) is 0 Å². The summed E-state index contributed by atoms with van der Waals surface area (Å²) in [7, 11) is 0. The van der Waals surface area contributed by atoms with Crippen LogP contribution in [0.2, 0.25) is 5.02 Å². The van der Waals surface area contributed by atoms with E-state index in [0.717, 1.165) is 0 Å². The second kappa shape index (κ2) is 7.95. The van der Waals surface area contributed by atoms with Crippen molar-refractivity contribution in [3.05, 3.63) is 70.7 Å². The SMILES string of the molecule is O=C(COC(=O)c1ccccc1Cl)NNC(=O)c1ccccc1. The summed E-state index contributed by atoms with van der Waals surface area (Å²) in [6.45, 7) is -0.543. The van der Waals surface area contributed by atoms with Gasteiger partial charge >= 0.3 is 5.97 Å². The van der Waals surface area contributed by atoms with E-state index in [-0.39, 0.29) is 10.6 Å². The smallest absolute Gasteiger partial charge is 0.340 e. The maximum atomic E-state index is 11.8. The Kier molecular flexibility index (Phi) is 5.71. The quantitative estimate of drug-likeness (QED) is 0.662. The van der Waals surface area contributed by atoms with Crippen molar-refractivity contribution in [2.75, 3.05) is 6.61 Å². The standard InChI is InChI=1S/C16H13ClN2O4/c17-13-9-5-4-8-12(13)16(22)23-10-14(20)18-19-15(21)11-6-2-1-3-7-11/h1-9H,10H2,(H,18,20)(H,19,21). The van der Waals surface area contributed by atoms with Gasteiger partial charge in [0.2, 0.25) is 0 Å². The first kappa shape index (κ1) is 16.5. The molecule has 2 N–H and O–H groups in total. The number of esters is 1. The lowest BCUT2D eigenvalue weighted by molar-refractivity contribution is -0.125. The molecule has 0 spiro atoms. The van der Waals surface area contributed by atoms with Gasteiger partial charge in [-0.3, -0.25) is 20.4 Å². The molecule has 23 heavy (non-hydrogen) atoms. The van der Waals surface area contributed by atoms with Crippen LogP contribution >= 0.6 is 11.6 Å². The minimum atomic E-state index is -0.722. The highest BCUT2D eigenvalue weighted by Gasteiger charge is 2.13. The van der Waals surface area contributed by atoms with E-state index in [4.69, 9.17) is 16.3 Å². The van der Waals surface area contributed by atoms with Crippen LogP contribution in [0.4, 0.5) is 0 Å². The first-order valence-electron chi connectivity index (χ1n) is 6.64. The number of carbonyl (C=O) groups excluding carboxylic acids is 3. The Morgan fingerprint density at radius 3 is 2.26 bits per heavy atom. The Hall–Kier alpha value is -2.86. The molecule has 6 nitrogen and oxygen atoms in total. The number of benzene rings is 2. The third-order valence-corrected chi connectivity index (χ3v) is 3.11. The summed E-state index contributed by atoms with van der Waals surface area (Å²) in [6, 6.07) is 14.7. The minimum Gasteiger partial charge on any atom is -0.452 e. The van der Waals surface area contributed by atoms with Crippen molar-refractivity contribution >= 4 is 29.4 Å². The van der Waals surface area contributed by atoms with Gasteiger partial charge in [-0.05, 0) is 24.3 Å². The Bertz CT molecular complexity index is 719. The highest BCUT2D eigenvalue weighted by atomic mass is 35.5. The largest absolute Gasteiger partial charge is 0.452 e. The first-order chi connectivity index (χ1) is 11.1. The fraction of sp³-hybridized carbons (Fsp3) is 0.0625. The summed E-state index contributed by atoms with van der Waals surface area (Å²) in [5.74, 6) is -1.87. The molecule has 0 aliphatic rings. The van der Waals surface area contributed by atoms with Crippen LogP contribution in [0.1, 0.15) is 20.7 Å². The van der Waals surface area contributed by atoms with Gasteiger partial charge in [0.1, 0.15) is 0 Å². The van der Waals surface area contributed by atoms with Crippen molar-refractivity contribution in [2.24, 2.45) is 0 Å². The van der Waals surface area contributed by atoms with Crippen molar-refractivity contribution in [2.45, 2.75) is 0 Å². The van der Waals surface area contributed by atoms with Gasteiger partial charge in [-0.15, -0.1) is 0 Å². The summed E-state index contributed by atoms with van der Waals surface area (Å²) < 4.78 is 4.82. The number of hydrogen-bond acceptors (Lipinski definition) is 4. The molecule has 0 aliphatic heterocycles. The van der Waals surface area contributed by atoms with Gasteiger partial charge in [0.05, 0.1) is 10.6 Å². The topological polar surface area (TPSA) is 84.5 Å². The number of rotatable bonds is 4. The lowest BCUT2D eigenvalue weighted by atomic mass is 10.2. The van der Waals surface area contributed by atoms with E-state index >= 15 is 0 Å². The molecule has 0 unspecified atom stereocenters. The fourth-order valence-electron chi connectivity index (χ4n) is 1.66. The van der Waals surface area contributed by atoms with Crippen molar-refractivity contribution in [3.63, 3.8) is 0 Å². The Morgan fingerprint density at radius 2 is 1.57 bits per heavy atom. The number of hydrogen-bond donors (Lipinski definition) is 2. The Labute approximate surface area is 137 Å². The van der Waals surface area contributed by atoms with Crippen molar-refractivity contribution in [1.82, 2.24) is 10.9 Å². The molecule has 0 aromatic heterocycles. The van der Waals surface area contributed by atoms with Gasteiger partial charge in [-0.1, -0.05) is 41.9 Å². The van der Waals surface area contributed by atoms with E-state index < -0.39 is 24.4 Å². The van der Waals surface area contributed by atoms with Crippen LogP contribution in [0.3, 0.4) is 0 Å². The zero-order valence-corrected chi connectivity index (χ0v) is 12.7. The van der Waals surface area contributed by atoms with E-state index in [9.17, 15) is 14.4 Å². The third kappa shape index (κ3) is 4.82. The van der Waals surface area contributed by atoms with E-state index in [1.165, 1.54) is 12.1 Å². The molecule has 2 aromatic carbocycles. The predicted molar refractivity (Wildman–Crippen MR) is 83.8 cm³/mol. The third-order valence-electron chi connectivity index (χ3n) is 2.78. The highest BCUT2D eigenvalue weighted by molar-refractivity contribution is 6.33. The van der Waals surface area contributed by atoms with Gasteiger partial charge in [0.15, 0.2) is 6.61 Å². The minimum absolute atomic E-state index is 0.162. The fourth-order valence-corrected chi connectivity index (χ4v) is 1.87. The average molecular weight is 333 g/mol. The van der Waals surface area contributed by atoms with Gasteiger partial charge < -0.3 is 4.74 Å². The van der Waals surface area contributed by atoms with Crippen molar-refractivity contribution in [1.29, 1.82) is 0 Å². The van der Waals surface area contributed by atoms with Crippen LogP contribution in [0.15, 0.2) is 54.6 Å². The molecule has 0 bridgehead atoms. The molecule has 0 saturated carbocycles. The predicted octanol–water partition coefficient (Wildman–Crippen LogP) is 1.96. The van der Waals surface area contributed by atoms with Crippen molar-refractivity contribution < 1.29 is 19.1 Å². The molecule has 2 rings (SSSR count). The van der Waals surface area contributed by atoms with Gasteiger partial charge in [-0.2, -0.15) is 0 Å². The summed E-state index contributed by atoms with van der Waals surface area (Å²) in [5.41, 5.74) is 4.92. The summed E-state index contributed by atoms with van der Waals surface area (Å²) in [4.78, 5) is 35.0. The summed E-state index contributed by atoms with van der Waals surface area (Å²) in [6.07, 6.45) is 0. The van der Waals surface area contributed by atoms with Crippen LogP contribution in [-0.2, 0) is 9.53 Å². The van der Waals surface area contributed by atoms with Crippen LogP contribution in [-0.4, -0.2) is 24.4 Å². The van der Waals surface area contributed by atoms with Crippen LogP contribution < -0.4 is 10.9 Å². The molecule has 0 atom stereocenters. The lowest BCUT2D eigenvalue weighted by Gasteiger charge is -2.08. The summed E-state index contributed by atoms with van der Waals surface area (Å²) >= 11 is 5.85. The second-order valence-electron chi connectivity index (χ2n) is 4.42. The highest BCUT2D eigenvalue weighted by Crippen LogP contribution is 2.15. The van der Waals surface area contributed by atoms with E-state index in [0.29, 0.717) is 5.56 Å². The summed E-state index contributed by atoms with van der Waals surface area (Å²) in [5, 5.41) is 0.232. The number of carbonyl (C=O) groups is 3. The normalized spacial score (nSPS) is 9.78. The van der Waals surface area contributed by atoms with E-state index in [2.05, 4.69) is 10.9 Å². The average Bonchev–Trinajstić information content (AvgIpc) is 2.58. The number of ether oxygens (including phenoxy) is 1.